The summed E-state index contributed by atoms with van der Waals surface area (Å²) in [5, 5.41) is 63.5. The van der Waals surface area contributed by atoms with Gasteiger partial charge in [0.05, 0.1) is 12.5 Å². The molecular formula is C42H63N9O17S. The number of carbonyl (C=O) groups is 12. The lowest BCUT2D eigenvalue weighted by molar-refractivity contribution is -0.144. The Kier molecular flexibility index (Phi) is 25.8. The van der Waals surface area contributed by atoms with Gasteiger partial charge in [0.25, 0.3) is 0 Å². The zero-order valence-electron chi connectivity index (χ0n) is 38.4. The van der Waals surface area contributed by atoms with Crippen molar-refractivity contribution in [3.05, 3.63) is 29.8 Å². The fraction of sp³-hybridized carbons (Fsp3) is 0.571. The van der Waals surface area contributed by atoms with Crippen molar-refractivity contribution < 1.29 is 83.1 Å². The second kappa shape index (κ2) is 29.7. The van der Waals surface area contributed by atoms with Crippen LogP contribution in [0.15, 0.2) is 24.3 Å². The molecule has 0 saturated carbocycles. The van der Waals surface area contributed by atoms with Crippen LogP contribution >= 0.6 is 12.6 Å². The Morgan fingerprint density at radius 3 is 1.42 bits per heavy atom. The van der Waals surface area contributed by atoms with Crippen LogP contribution in [0, 0.1) is 11.8 Å². The third kappa shape index (κ3) is 23.0. The Balaban J connectivity index is 3.55. The quantitative estimate of drug-likeness (QED) is 0.0317. The third-order valence-electron chi connectivity index (χ3n) is 10.00. The van der Waals surface area contributed by atoms with E-state index in [1.807, 2.05) is 0 Å². The number of carbonyl (C=O) groups excluding carboxylic acids is 8. The lowest BCUT2D eigenvalue weighted by Gasteiger charge is -2.28. The van der Waals surface area contributed by atoms with Crippen LogP contribution in [0.3, 0.4) is 0 Å². The number of hydrogen-bond acceptors (Lipinski definition) is 15. The highest BCUT2D eigenvalue weighted by molar-refractivity contribution is 7.80. The van der Waals surface area contributed by atoms with Gasteiger partial charge in [0.1, 0.15) is 48.0 Å². The van der Waals surface area contributed by atoms with Gasteiger partial charge in [-0.3, -0.25) is 52.7 Å². The molecule has 0 unspecified atom stereocenters. The van der Waals surface area contributed by atoms with Crippen molar-refractivity contribution in [2.45, 2.75) is 134 Å². The zero-order valence-corrected chi connectivity index (χ0v) is 39.3. The van der Waals surface area contributed by atoms with E-state index in [-0.39, 0.29) is 30.3 Å². The van der Waals surface area contributed by atoms with Gasteiger partial charge in [0.2, 0.25) is 47.3 Å². The molecule has 0 aliphatic carbocycles. The first-order chi connectivity index (χ1) is 32.1. The van der Waals surface area contributed by atoms with Crippen LogP contribution in [-0.2, 0) is 64.0 Å². The molecule has 0 radical (unpaired) electrons. The zero-order chi connectivity index (χ0) is 52.7. The highest BCUT2D eigenvalue weighted by Gasteiger charge is 2.36. The molecule has 1 aromatic carbocycles. The summed E-state index contributed by atoms with van der Waals surface area (Å²) in [6.45, 7) is 6.19. The Bertz CT molecular complexity index is 2020. The molecule has 0 bridgehead atoms. The van der Waals surface area contributed by atoms with Crippen molar-refractivity contribution in [3.63, 3.8) is 0 Å². The first-order valence-corrected chi connectivity index (χ1v) is 22.2. The minimum Gasteiger partial charge on any atom is -0.508 e. The second-order valence-electron chi connectivity index (χ2n) is 16.7. The van der Waals surface area contributed by atoms with Gasteiger partial charge < -0.3 is 74.2 Å². The lowest BCUT2D eigenvalue weighted by Crippen LogP contribution is -2.61. The van der Waals surface area contributed by atoms with Crippen molar-refractivity contribution in [1.29, 1.82) is 0 Å². The molecule has 26 nitrogen and oxygen atoms in total. The molecule has 0 spiro atoms. The smallest absolute Gasteiger partial charge is 0.326 e. The van der Waals surface area contributed by atoms with Gasteiger partial charge in [-0.1, -0.05) is 39.8 Å². The molecule has 1 aromatic rings. The van der Waals surface area contributed by atoms with Crippen LogP contribution in [0.1, 0.15) is 84.6 Å². The maximum absolute atomic E-state index is 14.1. The molecule has 0 saturated heterocycles. The van der Waals surface area contributed by atoms with Crippen molar-refractivity contribution in [1.82, 2.24) is 37.2 Å². The van der Waals surface area contributed by atoms with E-state index in [1.54, 1.807) is 13.8 Å². The molecule has 0 fully saturated rings. The van der Waals surface area contributed by atoms with Crippen molar-refractivity contribution >= 4 is 83.8 Å². The number of thiol groups is 1. The van der Waals surface area contributed by atoms with Gasteiger partial charge in [-0.05, 0) is 55.2 Å². The summed E-state index contributed by atoms with van der Waals surface area (Å²) in [5.41, 5.74) is 11.4. The lowest BCUT2D eigenvalue weighted by atomic mass is 10.00. The van der Waals surface area contributed by atoms with Crippen molar-refractivity contribution in [3.8, 4) is 5.75 Å². The summed E-state index contributed by atoms with van der Waals surface area (Å²) in [7, 11) is 0. The van der Waals surface area contributed by atoms with Crippen molar-refractivity contribution in [2.75, 3.05) is 5.75 Å². The first-order valence-electron chi connectivity index (χ1n) is 21.6. The van der Waals surface area contributed by atoms with Gasteiger partial charge in [-0.2, -0.15) is 12.6 Å². The number of phenolic OH excluding ortho intramolecular Hbond substituents is 1. The van der Waals surface area contributed by atoms with E-state index in [0.717, 1.165) is 0 Å². The largest absolute Gasteiger partial charge is 0.508 e. The summed E-state index contributed by atoms with van der Waals surface area (Å²) in [4.78, 5) is 153. The van der Waals surface area contributed by atoms with Gasteiger partial charge in [-0.25, -0.2) is 4.79 Å². The van der Waals surface area contributed by atoms with Gasteiger partial charge in [0, 0.05) is 31.4 Å². The predicted octanol–water partition coefficient (Wildman–Crippen LogP) is -3.16. The van der Waals surface area contributed by atoms with Crippen LogP contribution in [-0.4, -0.2) is 151 Å². The highest BCUT2D eigenvalue weighted by Crippen LogP contribution is 2.14. The fourth-order valence-electron chi connectivity index (χ4n) is 6.28. The summed E-state index contributed by atoms with van der Waals surface area (Å²) in [6, 6.07) is -7.35. The SMILES string of the molecule is CC(C)C[C@H](NC(=O)[C@H](CCC(N)=O)NC(=O)[C@H](Cc1ccc(O)cc1)NC(=O)[C@H](CCC(=O)O)NC(=O)[C@@H](N)CS)C(=O)N[C@@H](CC(=O)O)C(=O)N[C@H](C(=O)N[C@@H](CCC(=O)O)C(=O)O)C(C)C. The molecule has 0 aromatic heterocycles. The van der Waals surface area contributed by atoms with E-state index >= 15 is 0 Å². The minimum absolute atomic E-state index is 0.145. The average molecular weight is 998 g/mol. The van der Waals surface area contributed by atoms with Gasteiger partial charge in [-0.15, -0.1) is 0 Å². The minimum atomic E-state index is -1.91. The summed E-state index contributed by atoms with van der Waals surface area (Å²) in [6.07, 6.45) is -4.73. The van der Waals surface area contributed by atoms with Crippen LogP contribution < -0.4 is 48.7 Å². The maximum atomic E-state index is 14.1. The number of amides is 8. The number of hydrogen-bond donors (Lipinski definition) is 15. The van der Waals surface area contributed by atoms with Gasteiger partial charge >= 0.3 is 23.9 Å². The number of aliphatic carboxylic acids is 4. The molecule has 1 rings (SSSR count). The van der Waals surface area contributed by atoms with E-state index in [0.29, 0.717) is 5.56 Å². The average Bonchev–Trinajstić information content (AvgIpc) is 3.25. The van der Waals surface area contributed by atoms with Crippen LogP contribution in [0.2, 0.25) is 0 Å². The Labute approximate surface area is 401 Å². The van der Waals surface area contributed by atoms with E-state index in [9.17, 15) is 78.0 Å². The molecule has 8 amide bonds. The number of nitrogens with two attached hydrogens (primary N) is 2. The normalized spacial score (nSPS) is 14.5. The van der Waals surface area contributed by atoms with Crippen molar-refractivity contribution in [2.24, 2.45) is 23.3 Å². The van der Waals surface area contributed by atoms with Gasteiger partial charge in [0.15, 0.2) is 0 Å². The molecule has 0 aliphatic rings. The number of rotatable bonds is 32. The number of carboxylic acids is 4. The van der Waals surface area contributed by atoms with E-state index in [1.165, 1.54) is 38.1 Å². The Morgan fingerprint density at radius 1 is 0.536 bits per heavy atom. The van der Waals surface area contributed by atoms with E-state index < -0.39 is 170 Å². The molecule has 0 heterocycles. The van der Waals surface area contributed by atoms with E-state index in [4.69, 9.17) is 16.6 Å². The monoisotopic (exact) mass is 997 g/mol. The van der Waals surface area contributed by atoms with E-state index in [2.05, 4.69) is 49.8 Å². The number of nitrogens with one attached hydrogen (secondary N) is 7. The highest BCUT2D eigenvalue weighted by atomic mass is 32.1. The first kappa shape index (κ1) is 60.0. The fourth-order valence-corrected chi connectivity index (χ4v) is 6.45. The molecule has 69 heavy (non-hydrogen) atoms. The topological polar surface area (TPSA) is 442 Å². The number of benzene rings is 1. The van der Waals surface area contributed by atoms with Crippen LogP contribution in [0.5, 0.6) is 5.75 Å². The Hall–Kier alpha value is -7.03. The van der Waals surface area contributed by atoms with Crippen LogP contribution in [0.4, 0.5) is 0 Å². The number of carboxylic acid groups (broad SMARTS) is 4. The molecule has 0 aliphatic heterocycles. The predicted molar refractivity (Wildman–Crippen MR) is 244 cm³/mol. The summed E-state index contributed by atoms with van der Waals surface area (Å²) >= 11 is 3.95. The molecular weight excluding hydrogens is 935 g/mol. The third-order valence-corrected chi connectivity index (χ3v) is 10.4. The summed E-state index contributed by atoms with van der Waals surface area (Å²) < 4.78 is 0. The molecule has 27 heteroatoms. The van der Waals surface area contributed by atoms with Crippen LogP contribution in [0.25, 0.3) is 0 Å². The number of primary amides is 1. The number of phenols is 1. The standard InChI is InChI=1S/C42H63N9O17S/c1-19(2)15-27(38(63)50-29(17-33(58)59)40(65)51-34(20(3)4)41(66)47-26(42(67)68)11-14-32(56)57)48-36(61)24(9-12-30(44)53)46-39(64)28(16-21-5-7-22(52)8-6-21)49-37(62)25(10-13-31(54)55)45-35(60)23(43)18-69/h5-8,19-20,23-29,34,52,69H,9-18,43H2,1-4H3,(H2,44,53)(H,45,60)(H,46,64)(H,47,66)(H,48,61)(H,49,62)(H,50,63)(H,51,65)(H,54,55)(H,56,57)(H,58,59)(H,67,68)/t23-,24-,25-,26-,27-,28-,29-,34-/m0/s1. The number of aromatic hydroxyl groups is 1. The second-order valence-corrected chi connectivity index (χ2v) is 17.1. The maximum Gasteiger partial charge on any atom is 0.326 e. The Morgan fingerprint density at radius 2 is 0.957 bits per heavy atom. The molecule has 8 atom stereocenters. The summed E-state index contributed by atoms with van der Waals surface area (Å²) in [5.74, 6) is -15.6. The molecule has 384 valence electrons. The molecule has 16 N–H and O–H groups in total.